The third kappa shape index (κ3) is 2.13. The first-order valence-electron chi connectivity index (χ1n) is 5.68. The number of rotatable bonds is 2. The molecule has 102 valence electrons. The zero-order chi connectivity index (χ0) is 14.3. The van der Waals surface area contributed by atoms with Crippen molar-refractivity contribution in [1.29, 1.82) is 0 Å². The van der Waals surface area contributed by atoms with E-state index in [2.05, 4.69) is 15.5 Å². The van der Waals surface area contributed by atoms with E-state index >= 15 is 0 Å². The van der Waals surface area contributed by atoms with Crippen LogP contribution in [0.3, 0.4) is 0 Å². The Morgan fingerprint density at radius 3 is 2.85 bits per heavy atom. The first kappa shape index (κ1) is 13.0. The predicted molar refractivity (Wildman–Crippen MR) is 78.3 cm³/mol. The van der Waals surface area contributed by atoms with Gasteiger partial charge < -0.3 is 0 Å². The Kier molecular flexibility index (Phi) is 3.11. The normalized spacial score (nSPS) is 10.9. The number of aromatic nitrogens is 4. The van der Waals surface area contributed by atoms with Gasteiger partial charge in [-0.15, -0.1) is 0 Å². The van der Waals surface area contributed by atoms with Crippen LogP contribution in [0.5, 0.6) is 0 Å². The molecule has 20 heavy (non-hydrogen) atoms. The standard InChI is InChI=1S/C12H9Cl2N5O/c1-18-11-8(5-16-18)12(20)19(6-15-11)17-10-3-2-7(13)4-9(10)14/h2-6,17H,1H3. The molecule has 3 rings (SSSR count). The molecular formula is C12H9Cl2N5O. The van der Waals surface area contributed by atoms with Crippen molar-refractivity contribution in [3.8, 4) is 0 Å². The smallest absolute Gasteiger partial charge is 0.283 e. The van der Waals surface area contributed by atoms with Gasteiger partial charge in [0.25, 0.3) is 5.56 Å². The van der Waals surface area contributed by atoms with Crippen LogP contribution in [0.1, 0.15) is 0 Å². The number of benzene rings is 1. The highest BCUT2D eigenvalue weighted by atomic mass is 35.5. The molecular weight excluding hydrogens is 301 g/mol. The maximum atomic E-state index is 12.3. The van der Waals surface area contributed by atoms with E-state index in [0.717, 1.165) is 0 Å². The summed E-state index contributed by atoms with van der Waals surface area (Å²) < 4.78 is 2.79. The second-order valence-corrected chi connectivity index (χ2v) is 5.00. The van der Waals surface area contributed by atoms with Crippen LogP contribution in [-0.2, 0) is 7.05 Å². The van der Waals surface area contributed by atoms with E-state index in [-0.39, 0.29) is 5.56 Å². The fourth-order valence-electron chi connectivity index (χ4n) is 1.82. The van der Waals surface area contributed by atoms with Crippen molar-refractivity contribution >= 4 is 39.9 Å². The molecule has 6 nitrogen and oxygen atoms in total. The van der Waals surface area contributed by atoms with Crippen molar-refractivity contribution in [2.75, 3.05) is 5.43 Å². The van der Waals surface area contributed by atoms with E-state index < -0.39 is 0 Å². The molecule has 0 spiro atoms. The van der Waals surface area contributed by atoms with E-state index in [1.807, 2.05) is 0 Å². The summed E-state index contributed by atoms with van der Waals surface area (Å²) in [5.41, 5.74) is 3.71. The fourth-order valence-corrected chi connectivity index (χ4v) is 2.27. The van der Waals surface area contributed by atoms with Gasteiger partial charge in [-0.1, -0.05) is 23.2 Å². The number of nitrogens with zero attached hydrogens (tertiary/aromatic N) is 4. The molecule has 0 bridgehead atoms. The molecule has 0 aliphatic rings. The Morgan fingerprint density at radius 1 is 1.30 bits per heavy atom. The van der Waals surface area contributed by atoms with Crippen LogP contribution in [0.2, 0.25) is 10.0 Å². The highest BCUT2D eigenvalue weighted by molar-refractivity contribution is 6.36. The van der Waals surface area contributed by atoms with Crippen molar-refractivity contribution in [3.63, 3.8) is 0 Å². The Labute approximate surface area is 123 Å². The van der Waals surface area contributed by atoms with Crippen LogP contribution in [-0.4, -0.2) is 19.4 Å². The van der Waals surface area contributed by atoms with E-state index in [1.165, 1.54) is 21.9 Å². The molecule has 8 heteroatoms. The summed E-state index contributed by atoms with van der Waals surface area (Å²) in [7, 11) is 1.72. The number of anilines is 1. The Hall–Kier alpha value is -2.05. The van der Waals surface area contributed by atoms with Gasteiger partial charge in [-0.2, -0.15) is 5.10 Å². The van der Waals surface area contributed by atoms with Gasteiger partial charge in [0.1, 0.15) is 11.7 Å². The maximum absolute atomic E-state index is 12.3. The largest absolute Gasteiger partial charge is 0.289 e. The summed E-state index contributed by atoms with van der Waals surface area (Å²) in [6.45, 7) is 0. The minimum Gasteiger partial charge on any atom is -0.289 e. The summed E-state index contributed by atoms with van der Waals surface area (Å²) >= 11 is 11.9. The molecule has 3 aromatic rings. The monoisotopic (exact) mass is 309 g/mol. The highest BCUT2D eigenvalue weighted by Gasteiger charge is 2.09. The van der Waals surface area contributed by atoms with Crippen LogP contribution >= 0.6 is 23.2 Å². The number of halogens is 2. The zero-order valence-electron chi connectivity index (χ0n) is 10.3. The van der Waals surface area contributed by atoms with Crippen molar-refractivity contribution < 1.29 is 0 Å². The average Bonchev–Trinajstić information content (AvgIpc) is 2.78. The van der Waals surface area contributed by atoms with Crippen LogP contribution in [0.25, 0.3) is 11.0 Å². The fraction of sp³-hybridized carbons (Fsp3) is 0.0833. The summed E-state index contributed by atoms with van der Waals surface area (Å²) in [6.07, 6.45) is 2.86. The molecule has 0 aliphatic heterocycles. The minimum absolute atomic E-state index is 0.255. The molecule has 0 aliphatic carbocycles. The minimum atomic E-state index is -0.255. The zero-order valence-corrected chi connectivity index (χ0v) is 11.9. The van der Waals surface area contributed by atoms with Gasteiger partial charge in [-0.05, 0) is 18.2 Å². The van der Waals surface area contributed by atoms with Gasteiger partial charge in [0.15, 0.2) is 5.65 Å². The molecule has 0 unspecified atom stereocenters. The second kappa shape index (κ2) is 4.81. The van der Waals surface area contributed by atoms with Gasteiger partial charge >= 0.3 is 0 Å². The van der Waals surface area contributed by atoms with E-state index in [1.54, 1.807) is 25.2 Å². The summed E-state index contributed by atoms with van der Waals surface area (Å²) in [4.78, 5) is 16.4. The van der Waals surface area contributed by atoms with Gasteiger partial charge in [0.2, 0.25) is 0 Å². The number of hydrogen-bond acceptors (Lipinski definition) is 4. The first-order valence-corrected chi connectivity index (χ1v) is 6.43. The lowest BCUT2D eigenvalue weighted by Gasteiger charge is -2.10. The number of nitrogens with one attached hydrogen (secondary N) is 1. The van der Waals surface area contributed by atoms with Crippen molar-refractivity contribution in [3.05, 3.63) is 51.1 Å². The molecule has 0 saturated heterocycles. The van der Waals surface area contributed by atoms with E-state index in [4.69, 9.17) is 23.2 Å². The van der Waals surface area contributed by atoms with E-state index in [0.29, 0.717) is 26.8 Å². The number of fused-ring (bicyclic) bond motifs is 1. The summed E-state index contributed by atoms with van der Waals surface area (Å²) in [5, 5.41) is 5.36. The van der Waals surface area contributed by atoms with Crippen LogP contribution < -0.4 is 11.0 Å². The molecule has 0 atom stereocenters. The van der Waals surface area contributed by atoms with Crippen LogP contribution in [0.15, 0.2) is 35.5 Å². The van der Waals surface area contributed by atoms with Crippen LogP contribution in [0, 0.1) is 0 Å². The third-order valence-electron chi connectivity index (χ3n) is 2.82. The first-order chi connectivity index (χ1) is 9.56. The lowest BCUT2D eigenvalue weighted by Crippen LogP contribution is -2.26. The molecule has 2 aromatic heterocycles. The van der Waals surface area contributed by atoms with Crippen molar-refractivity contribution in [2.24, 2.45) is 7.05 Å². The molecule has 0 radical (unpaired) electrons. The van der Waals surface area contributed by atoms with Gasteiger partial charge in [0.05, 0.1) is 16.9 Å². The second-order valence-electron chi connectivity index (χ2n) is 4.16. The lowest BCUT2D eigenvalue weighted by molar-refractivity contribution is 0.779. The molecule has 1 N–H and O–H groups in total. The molecule has 2 heterocycles. The molecule has 0 amide bonds. The Balaban J connectivity index is 2.07. The third-order valence-corrected chi connectivity index (χ3v) is 3.37. The van der Waals surface area contributed by atoms with Crippen molar-refractivity contribution in [2.45, 2.75) is 0 Å². The molecule has 0 saturated carbocycles. The Bertz CT molecular complexity index is 855. The lowest BCUT2D eigenvalue weighted by atomic mass is 10.3. The molecule has 1 aromatic carbocycles. The van der Waals surface area contributed by atoms with Gasteiger partial charge in [-0.3, -0.25) is 14.9 Å². The van der Waals surface area contributed by atoms with Gasteiger partial charge in [0, 0.05) is 12.1 Å². The summed E-state index contributed by atoms with van der Waals surface area (Å²) in [6, 6.07) is 4.95. The van der Waals surface area contributed by atoms with Crippen LogP contribution in [0.4, 0.5) is 5.69 Å². The topological polar surface area (TPSA) is 64.7 Å². The SMILES string of the molecule is Cn1ncc2c(=O)n(Nc3ccc(Cl)cc3Cl)cnc21. The van der Waals surface area contributed by atoms with Crippen molar-refractivity contribution in [1.82, 2.24) is 19.4 Å². The number of aryl methyl sites for hydroxylation is 1. The average molecular weight is 310 g/mol. The quantitative estimate of drug-likeness (QED) is 0.789. The Morgan fingerprint density at radius 2 is 2.10 bits per heavy atom. The predicted octanol–water partition coefficient (Wildman–Crippen LogP) is 2.31. The molecule has 0 fully saturated rings. The highest BCUT2D eigenvalue weighted by Crippen LogP contribution is 2.25. The van der Waals surface area contributed by atoms with E-state index in [9.17, 15) is 4.79 Å². The van der Waals surface area contributed by atoms with Gasteiger partial charge in [-0.25, -0.2) is 9.66 Å². The number of hydrogen-bond donors (Lipinski definition) is 1. The summed E-state index contributed by atoms with van der Waals surface area (Å²) in [5.74, 6) is 0. The maximum Gasteiger partial charge on any atom is 0.283 e.